The first-order chi connectivity index (χ1) is 17.9. The van der Waals surface area contributed by atoms with Crippen LogP contribution in [0.15, 0.2) is 93.5 Å². The number of ether oxygens (including phenoxy) is 2. The van der Waals surface area contributed by atoms with E-state index in [9.17, 15) is 10.1 Å². The first-order valence-electron chi connectivity index (χ1n) is 11.7. The first kappa shape index (κ1) is 22.4. The van der Waals surface area contributed by atoms with Crippen LogP contribution in [0.4, 0.5) is 0 Å². The van der Waals surface area contributed by atoms with Crippen molar-refractivity contribution in [1.82, 2.24) is 4.98 Å². The number of rotatable bonds is 3. The number of allylic oxidation sites excluding steroid dienone is 1. The third kappa shape index (κ3) is 3.76. The van der Waals surface area contributed by atoms with Crippen LogP contribution in [0, 0.1) is 25.2 Å². The molecular weight excluding hydrogens is 466 g/mol. The van der Waals surface area contributed by atoms with Crippen LogP contribution in [-0.2, 0) is 0 Å². The molecule has 3 aromatic carbocycles. The Bertz CT molecular complexity index is 1850. The lowest BCUT2D eigenvalue weighted by Crippen LogP contribution is -2.26. The lowest BCUT2D eigenvalue weighted by molar-refractivity contribution is 0.385. The van der Waals surface area contributed by atoms with Gasteiger partial charge in [0.15, 0.2) is 5.75 Å². The highest BCUT2D eigenvalue weighted by Gasteiger charge is 2.38. The van der Waals surface area contributed by atoms with Crippen LogP contribution in [0.3, 0.4) is 0 Å². The zero-order valence-corrected chi connectivity index (χ0v) is 20.1. The fraction of sp³-hybridized carbons (Fsp3) is 0.100. The summed E-state index contributed by atoms with van der Waals surface area (Å²) in [4.78, 5) is 18.2. The van der Waals surface area contributed by atoms with Crippen LogP contribution in [0.25, 0.3) is 21.9 Å². The molecule has 1 atom stereocenters. The standard InChI is InChI=1S/C30H21N3O4/c1-16-8-10-23-18(12-16)14-21(29(33-23)35-19-6-4-3-5-7-19)25-22(15-31)28(32)37-27-20-13-17(2)9-11-24(20)36-30(34)26(25)27/h3-14,25H,32H2,1-2H3. The maximum atomic E-state index is 13.4. The zero-order chi connectivity index (χ0) is 25.7. The number of benzene rings is 3. The second-order valence-electron chi connectivity index (χ2n) is 9.05. The van der Waals surface area contributed by atoms with Crippen molar-refractivity contribution in [2.24, 2.45) is 5.73 Å². The van der Waals surface area contributed by atoms with Crippen LogP contribution >= 0.6 is 0 Å². The number of hydrogen-bond donors (Lipinski definition) is 1. The van der Waals surface area contributed by atoms with E-state index in [1.807, 2.05) is 80.6 Å². The molecule has 0 aliphatic carbocycles. The van der Waals surface area contributed by atoms with Gasteiger partial charge in [0.05, 0.1) is 22.4 Å². The Labute approximate surface area is 212 Å². The molecule has 7 heteroatoms. The zero-order valence-electron chi connectivity index (χ0n) is 20.1. The number of nitrogens with two attached hydrogens (primary N) is 1. The number of aryl methyl sites for hydroxylation is 2. The van der Waals surface area contributed by atoms with Crippen LogP contribution < -0.4 is 20.8 Å². The summed E-state index contributed by atoms with van der Waals surface area (Å²) in [7, 11) is 0. The fourth-order valence-corrected chi connectivity index (χ4v) is 4.73. The first-order valence-corrected chi connectivity index (χ1v) is 11.7. The van der Waals surface area contributed by atoms with E-state index in [1.54, 1.807) is 6.07 Å². The van der Waals surface area contributed by atoms with Crippen LogP contribution in [0.1, 0.15) is 28.2 Å². The van der Waals surface area contributed by atoms with Crippen LogP contribution in [0.2, 0.25) is 0 Å². The summed E-state index contributed by atoms with van der Waals surface area (Å²) in [5, 5.41) is 11.6. The smallest absolute Gasteiger partial charge is 0.344 e. The number of pyridine rings is 1. The third-order valence-electron chi connectivity index (χ3n) is 6.45. The lowest BCUT2D eigenvalue weighted by atomic mass is 9.83. The third-order valence-corrected chi connectivity index (χ3v) is 6.45. The van der Waals surface area contributed by atoms with Gasteiger partial charge in [0.2, 0.25) is 11.8 Å². The summed E-state index contributed by atoms with van der Waals surface area (Å²) in [6, 6.07) is 24.5. The summed E-state index contributed by atoms with van der Waals surface area (Å²) in [5.74, 6) is 0.0946. The number of nitrogens with zero attached hydrogens (tertiary/aromatic N) is 2. The van der Waals surface area contributed by atoms with Crippen molar-refractivity contribution in [1.29, 1.82) is 5.26 Å². The Hall–Kier alpha value is -5.09. The number of hydrogen-bond acceptors (Lipinski definition) is 7. The predicted octanol–water partition coefficient (Wildman–Crippen LogP) is 5.97. The van der Waals surface area contributed by atoms with Gasteiger partial charge >= 0.3 is 5.63 Å². The van der Waals surface area contributed by atoms with Crippen molar-refractivity contribution in [3.05, 3.63) is 117 Å². The number of aromatic nitrogens is 1. The lowest BCUT2D eigenvalue weighted by Gasteiger charge is -2.27. The molecule has 0 amide bonds. The molecule has 1 aliphatic rings. The van der Waals surface area contributed by atoms with Crippen LogP contribution in [0.5, 0.6) is 17.4 Å². The minimum absolute atomic E-state index is 0.0802. The van der Waals surface area contributed by atoms with Crippen molar-refractivity contribution in [3.63, 3.8) is 0 Å². The highest BCUT2D eigenvalue weighted by atomic mass is 16.5. The van der Waals surface area contributed by atoms with Gasteiger partial charge in [-0.25, -0.2) is 9.78 Å². The van der Waals surface area contributed by atoms with Gasteiger partial charge in [0.1, 0.15) is 23.0 Å². The molecule has 0 spiro atoms. The molecule has 0 saturated heterocycles. The van der Waals surface area contributed by atoms with E-state index >= 15 is 0 Å². The summed E-state index contributed by atoms with van der Waals surface area (Å²) in [6.07, 6.45) is 0. The van der Waals surface area contributed by atoms with E-state index in [0.717, 1.165) is 16.5 Å². The molecule has 0 radical (unpaired) electrons. The van der Waals surface area contributed by atoms with Crippen molar-refractivity contribution in [2.45, 2.75) is 19.8 Å². The van der Waals surface area contributed by atoms with E-state index < -0.39 is 11.5 Å². The quantitative estimate of drug-likeness (QED) is 0.312. The molecule has 6 rings (SSSR count). The topological polar surface area (TPSA) is 111 Å². The van der Waals surface area contributed by atoms with Gasteiger partial charge in [-0.15, -0.1) is 0 Å². The maximum absolute atomic E-state index is 13.4. The number of para-hydroxylation sites is 1. The second kappa shape index (κ2) is 8.54. The molecule has 0 bridgehead atoms. The average molecular weight is 488 g/mol. The van der Waals surface area contributed by atoms with E-state index in [2.05, 4.69) is 6.07 Å². The van der Waals surface area contributed by atoms with Gasteiger partial charge in [-0.05, 0) is 56.3 Å². The maximum Gasteiger partial charge on any atom is 0.344 e. The normalized spacial score (nSPS) is 14.8. The molecule has 180 valence electrons. The van der Waals surface area contributed by atoms with Gasteiger partial charge in [0, 0.05) is 10.9 Å². The monoisotopic (exact) mass is 487 g/mol. The van der Waals surface area contributed by atoms with Gasteiger partial charge in [0.25, 0.3) is 0 Å². The summed E-state index contributed by atoms with van der Waals surface area (Å²) in [6.45, 7) is 3.91. The Morgan fingerprint density at radius 1 is 1.00 bits per heavy atom. The van der Waals surface area contributed by atoms with Crippen molar-refractivity contribution >= 4 is 21.9 Å². The summed E-state index contributed by atoms with van der Waals surface area (Å²) < 4.78 is 17.8. The van der Waals surface area contributed by atoms with Crippen molar-refractivity contribution < 1.29 is 13.9 Å². The summed E-state index contributed by atoms with van der Waals surface area (Å²) in [5.41, 5.74) is 9.51. The van der Waals surface area contributed by atoms with E-state index in [1.165, 1.54) is 0 Å². The van der Waals surface area contributed by atoms with Gasteiger partial charge in [-0.1, -0.05) is 41.5 Å². The van der Waals surface area contributed by atoms with E-state index in [0.29, 0.717) is 27.8 Å². The summed E-state index contributed by atoms with van der Waals surface area (Å²) >= 11 is 0. The largest absolute Gasteiger partial charge is 0.439 e. The number of nitriles is 1. The van der Waals surface area contributed by atoms with Gasteiger partial charge < -0.3 is 19.6 Å². The second-order valence-corrected chi connectivity index (χ2v) is 9.05. The van der Waals surface area contributed by atoms with E-state index in [4.69, 9.17) is 24.6 Å². The molecule has 5 aromatic rings. The Morgan fingerprint density at radius 3 is 2.54 bits per heavy atom. The molecule has 0 fully saturated rings. The molecule has 1 aliphatic heterocycles. The Morgan fingerprint density at radius 2 is 1.76 bits per heavy atom. The highest BCUT2D eigenvalue weighted by molar-refractivity contribution is 5.87. The number of fused-ring (bicyclic) bond motifs is 4. The molecule has 37 heavy (non-hydrogen) atoms. The molecule has 2 N–H and O–H groups in total. The minimum Gasteiger partial charge on any atom is -0.439 e. The molecule has 2 aromatic heterocycles. The minimum atomic E-state index is -0.911. The molecule has 7 nitrogen and oxygen atoms in total. The Balaban J connectivity index is 1.69. The molecule has 1 unspecified atom stereocenters. The van der Waals surface area contributed by atoms with E-state index in [-0.39, 0.29) is 28.6 Å². The van der Waals surface area contributed by atoms with Gasteiger partial charge in [-0.2, -0.15) is 5.26 Å². The molecular formula is C30H21N3O4. The average Bonchev–Trinajstić information content (AvgIpc) is 2.89. The van der Waals surface area contributed by atoms with Crippen molar-refractivity contribution in [2.75, 3.05) is 0 Å². The van der Waals surface area contributed by atoms with Crippen LogP contribution in [-0.4, -0.2) is 4.98 Å². The predicted molar refractivity (Wildman–Crippen MR) is 140 cm³/mol. The highest BCUT2D eigenvalue weighted by Crippen LogP contribution is 2.46. The van der Waals surface area contributed by atoms with Crippen molar-refractivity contribution in [3.8, 4) is 23.4 Å². The Kier molecular flexibility index (Phi) is 5.16. The SMILES string of the molecule is Cc1ccc2nc(Oc3ccccc3)c(C3C(C#N)=C(N)Oc4c3c(=O)oc3ccc(C)cc43)cc2c1. The molecule has 0 saturated carbocycles. The van der Waals surface area contributed by atoms with Gasteiger partial charge in [-0.3, -0.25) is 0 Å². The fourth-order valence-electron chi connectivity index (χ4n) is 4.73. The molecule has 3 heterocycles.